The van der Waals surface area contributed by atoms with Gasteiger partial charge in [-0.25, -0.2) is 4.68 Å². The van der Waals surface area contributed by atoms with E-state index in [4.69, 9.17) is 14.8 Å². The fraction of sp³-hybridized carbons (Fsp3) is 0.278. The third-order valence-electron chi connectivity index (χ3n) is 7.64. The summed E-state index contributed by atoms with van der Waals surface area (Å²) >= 11 is 1.33. The zero-order chi connectivity index (χ0) is 31.0. The number of aromatic nitrogens is 5. The monoisotopic (exact) mass is 603 g/mol. The van der Waals surface area contributed by atoms with E-state index in [0.717, 1.165) is 45.8 Å². The second-order valence-electron chi connectivity index (χ2n) is 12.6. The Labute approximate surface area is 261 Å². The summed E-state index contributed by atoms with van der Waals surface area (Å²) in [6.45, 7) is 13.7. The number of hydrogen-bond acceptors (Lipinski definition) is 6. The van der Waals surface area contributed by atoms with Crippen LogP contribution in [0.15, 0.2) is 83.8 Å². The van der Waals surface area contributed by atoms with Crippen molar-refractivity contribution in [3.8, 4) is 34.1 Å². The van der Waals surface area contributed by atoms with Crippen molar-refractivity contribution < 1.29 is 4.74 Å². The van der Waals surface area contributed by atoms with Crippen LogP contribution in [-0.2, 0) is 5.41 Å². The Balaban J connectivity index is 1.38. The molecule has 0 fully saturated rings. The summed E-state index contributed by atoms with van der Waals surface area (Å²) in [5.41, 5.74) is 6.53. The smallest absolute Gasteiger partial charge is 0.291 e. The Kier molecular flexibility index (Phi) is 7.95. The van der Waals surface area contributed by atoms with E-state index in [9.17, 15) is 4.79 Å². The first-order chi connectivity index (χ1) is 21.1. The summed E-state index contributed by atoms with van der Waals surface area (Å²) in [4.78, 5) is 18.8. The number of thiazole rings is 1. The van der Waals surface area contributed by atoms with Crippen LogP contribution in [0.4, 0.5) is 0 Å². The standard InChI is InChI=1S/C36H37N5O2S/c1-23(2)18-19-43-30-17-14-26(20-24(30)3)32-27(22-40(38-32)29-10-8-7-9-11-29)21-31-34(42)41-35(44-31)37-33(39-41)25-12-15-28(16-13-25)36(4,5)6/h7-17,20-23H,18-19H2,1-6H3. The highest BCUT2D eigenvalue weighted by Crippen LogP contribution is 2.30. The largest absolute Gasteiger partial charge is 0.493 e. The molecule has 0 radical (unpaired) electrons. The van der Waals surface area contributed by atoms with Gasteiger partial charge < -0.3 is 4.74 Å². The summed E-state index contributed by atoms with van der Waals surface area (Å²) < 4.78 is 9.85. The maximum absolute atomic E-state index is 13.5. The first-order valence-electron chi connectivity index (χ1n) is 15.0. The van der Waals surface area contributed by atoms with E-state index in [0.29, 0.717) is 27.8 Å². The van der Waals surface area contributed by atoms with Crippen LogP contribution in [0.2, 0.25) is 0 Å². The molecular weight excluding hydrogens is 566 g/mol. The molecule has 6 aromatic rings. The van der Waals surface area contributed by atoms with Crippen LogP contribution in [-0.4, -0.2) is 31.0 Å². The topological polar surface area (TPSA) is 74.3 Å². The molecule has 0 bridgehead atoms. The molecule has 8 heteroatoms. The fourth-order valence-electron chi connectivity index (χ4n) is 5.01. The van der Waals surface area contributed by atoms with Crippen molar-refractivity contribution in [1.29, 1.82) is 0 Å². The molecule has 44 heavy (non-hydrogen) atoms. The third-order valence-corrected chi connectivity index (χ3v) is 8.60. The molecule has 6 rings (SSSR count). The molecule has 224 valence electrons. The van der Waals surface area contributed by atoms with Crippen molar-refractivity contribution in [1.82, 2.24) is 24.4 Å². The van der Waals surface area contributed by atoms with Crippen LogP contribution in [0.1, 0.15) is 57.7 Å². The summed E-state index contributed by atoms with van der Waals surface area (Å²) in [7, 11) is 0. The molecule has 3 heterocycles. The van der Waals surface area contributed by atoms with Gasteiger partial charge in [0.1, 0.15) is 11.4 Å². The molecule has 0 atom stereocenters. The Hall–Kier alpha value is -4.56. The lowest BCUT2D eigenvalue weighted by Gasteiger charge is -2.18. The maximum atomic E-state index is 13.5. The maximum Gasteiger partial charge on any atom is 0.291 e. The molecule has 3 aromatic carbocycles. The van der Waals surface area contributed by atoms with E-state index < -0.39 is 0 Å². The van der Waals surface area contributed by atoms with Crippen molar-refractivity contribution in [2.75, 3.05) is 6.61 Å². The van der Waals surface area contributed by atoms with Crippen molar-refractivity contribution in [3.63, 3.8) is 0 Å². The second-order valence-corrected chi connectivity index (χ2v) is 13.6. The highest BCUT2D eigenvalue weighted by molar-refractivity contribution is 7.15. The van der Waals surface area contributed by atoms with Crippen LogP contribution >= 0.6 is 11.3 Å². The molecule has 0 aliphatic heterocycles. The van der Waals surface area contributed by atoms with Gasteiger partial charge in [0.15, 0.2) is 5.82 Å². The molecule has 0 saturated carbocycles. The van der Waals surface area contributed by atoms with Crippen LogP contribution in [0.3, 0.4) is 0 Å². The number of ether oxygens (including phenoxy) is 1. The Morgan fingerprint density at radius 3 is 2.34 bits per heavy atom. The molecular formula is C36H37N5O2S. The minimum atomic E-state index is -0.196. The molecule has 0 amide bonds. The van der Waals surface area contributed by atoms with Gasteiger partial charge in [-0.15, -0.1) is 5.10 Å². The van der Waals surface area contributed by atoms with Gasteiger partial charge in [-0.05, 0) is 72.2 Å². The van der Waals surface area contributed by atoms with Crippen LogP contribution in [0.25, 0.3) is 39.4 Å². The van der Waals surface area contributed by atoms with E-state index >= 15 is 0 Å². The average Bonchev–Trinajstić information content (AvgIpc) is 3.69. The van der Waals surface area contributed by atoms with Gasteiger partial charge in [0.2, 0.25) is 4.96 Å². The van der Waals surface area contributed by atoms with Crippen molar-refractivity contribution in [3.05, 3.63) is 111 Å². The number of rotatable bonds is 8. The van der Waals surface area contributed by atoms with Gasteiger partial charge in [-0.3, -0.25) is 4.79 Å². The first kappa shape index (κ1) is 29.5. The van der Waals surface area contributed by atoms with E-state index in [2.05, 4.69) is 64.8 Å². The number of benzene rings is 3. The zero-order valence-electron chi connectivity index (χ0n) is 26.0. The van der Waals surface area contributed by atoms with E-state index in [1.165, 1.54) is 21.4 Å². The summed E-state index contributed by atoms with van der Waals surface area (Å²) in [5, 5.41) is 9.54. The highest BCUT2D eigenvalue weighted by Gasteiger charge is 2.17. The average molecular weight is 604 g/mol. The molecule has 0 saturated heterocycles. The van der Waals surface area contributed by atoms with Gasteiger partial charge in [-0.2, -0.15) is 14.6 Å². The number of fused-ring (bicyclic) bond motifs is 1. The minimum absolute atomic E-state index is 0.0581. The van der Waals surface area contributed by atoms with Gasteiger partial charge >= 0.3 is 0 Å². The molecule has 0 N–H and O–H groups in total. The Bertz CT molecular complexity index is 2030. The minimum Gasteiger partial charge on any atom is -0.493 e. The van der Waals surface area contributed by atoms with Gasteiger partial charge in [-0.1, -0.05) is 88.4 Å². The number of nitrogens with zero attached hydrogens (tertiary/aromatic N) is 5. The zero-order valence-corrected chi connectivity index (χ0v) is 26.9. The van der Waals surface area contributed by atoms with Crippen molar-refractivity contribution >= 4 is 22.4 Å². The van der Waals surface area contributed by atoms with Crippen LogP contribution in [0, 0.1) is 12.8 Å². The molecule has 0 spiro atoms. The normalized spacial score (nSPS) is 12.5. The molecule has 0 aliphatic rings. The highest BCUT2D eigenvalue weighted by atomic mass is 32.1. The van der Waals surface area contributed by atoms with Crippen LogP contribution < -0.4 is 14.8 Å². The SMILES string of the molecule is Cc1cc(-c2nn(-c3ccccc3)cc2C=c2sc3nc(-c4ccc(C(C)(C)C)cc4)nn3c2=O)ccc1OCCC(C)C. The Morgan fingerprint density at radius 2 is 1.68 bits per heavy atom. The van der Waals surface area contributed by atoms with E-state index in [1.54, 1.807) is 0 Å². The lowest BCUT2D eigenvalue weighted by Crippen LogP contribution is -2.23. The van der Waals surface area contributed by atoms with Gasteiger partial charge in [0.25, 0.3) is 5.56 Å². The predicted molar refractivity (Wildman–Crippen MR) is 179 cm³/mol. The van der Waals surface area contributed by atoms with Crippen LogP contribution in [0.5, 0.6) is 5.75 Å². The van der Waals surface area contributed by atoms with Gasteiger partial charge in [0.05, 0.1) is 16.8 Å². The number of hydrogen-bond donors (Lipinski definition) is 0. The van der Waals surface area contributed by atoms with E-state index in [1.807, 2.05) is 71.6 Å². The second kappa shape index (κ2) is 11.8. The van der Waals surface area contributed by atoms with Crippen molar-refractivity contribution in [2.45, 2.75) is 53.4 Å². The predicted octanol–water partition coefficient (Wildman–Crippen LogP) is 7.25. The fourth-order valence-corrected chi connectivity index (χ4v) is 5.91. The molecule has 3 aromatic heterocycles. The molecule has 0 aliphatic carbocycles. The quantitative estimate of drug-likeness (QED) is 0.183. The lowest BCUT2D eigenvalue weighted by molar-refractivity contribution is 0.288. The first-order valence-corrected chi connectivity index (χ1v) is 15.8. The summed E-state index contributed by atoms with van der Waals surface area (Å²) in [5.74, 6) is 2.00. The lowest BCUT2D eigenvalue weighted by atomic mass is 9.87. The summed E-state index contributed by atoms with van der Waals surface area (Å²) in [6.07, 6.45) is 4.86. The number of para-hydroxylation sites is 1. The molecule has 0 unspecified atom stereocenters. The number of aryl methyl sites for hydroxylation is 1. The summed E-state index contributed by atoms with van der Waals surface area (Å²) in [6, 6.07) is 24.3. The third kappa shape index (κ3) is 6.08. The molecule has 7 nitrogen and oxygen atoms in total. The van der Waals surface area contributed by atoms with Crippen molar-refractivity contribution in [2.24, 2.45) is 5.92 Å². The van der Waals surface area contributed by atoms with E-state index in [-0.39, 0.29) is 11.0 Å². The Morgan fingerprint density at radius 1 is 0.955 bits per heavy atom. The van der Waals surface area contributed by atoms with Gasteiger partial charge in [0, 0.05) is 22.9 Å².